The topological polar surface area (TPSA) is 94.8 Å². The number of guanidine groups is 1. The molecule has 1 aliphatic rings. The number of hydrogen-bond donors (Lipinski definition) is 2. The molecule has 1 atom stereocenters. The highest BCUT2D eigenvalue weighted by Gasteiger charge is 2.22. The summed E-state index contributed by atoms with van der Waals surface area (Å²) in [7, 11) is 4.92. The number of aryl methyl sites for hydroxylation is 1. The van der Waals surface area contributed by atoms with E-state index in [2.05, 4.69) is 27.6 Å². The fourth-order valence-corrected chi connectivity index (χ4v) is 3.33. The van der Waals surface area contributed by atoms with Gasteiger partial charge in [-0.3, -0.25) is 0 Å². The number of ether oxygens (including phenoxy) is 3. The Morgan fingerprint density at radius 2 is 2.07 bits per heavy atom. The molecule has 0 aliphatic carbocycles. The predicted molar refractivity (Wildman–Crippen MR) is 110 cm³/mol. The number of rotatable bonds is 8. The van der Waals surface area contributed by atoms with Crippen LogP contribution in [0.1, 0.15) is 30.6 Å². The lowest BCUT2D eigenvalue weighted by Crippen LogP contribution is -2.47. The first-order valence-corrected chi connectivity index (χ1v) is 9.84. The van der Waals surface area contributed by atoms with Crippen molar-refractivity contribution in [2.45, 2.75) is 45.5 Å². The van der Waals surface area contributed by atoms with Crippen LogP contribution in [0.2, 0.25) is 0 Å². The first-order valence-electron chi connectivity index (χ1n) is 9.84. The summed E-state index contributed by atoms with van der Waals surface area (Å²) < 4.78 is 17.8. The molecular weight excluding hydrogens is 372 g/mol. The molecule has 2 N–H and O–H groups in total. The third-order valence-corrected chi connectivity index (χ3v) is 4.73. The second-order valence-corrected chi connectivity index (χ2v) is 6.82. The molecule has 0 saturated carbocycles. The van der Waals surface area contributed by atoms with Gasteiger partial charge in [-0.1, -0.05) is 6.07 Å². The van der Waals surface area contributed by atoms with Crippen molar-refractivity contribution in [1.82, 2.24) is 25.4 Å². The minimum atomic E-state index is 0.239. The highest BCUT2D eigenvalue weighted by atomic mass is 16.5. The van der Waals surface area contributed by atoms with E-state index in [1.165, 1.54) is 0 Å². The molecule has 0 bridgehead atoms. The number of aromatic nitrogens is 3. The summed E-state index contributed by atoms with van der Waals surface area (Å²) in [6.07, 6.45) is 1.86. The van der Waals surface area contributed by atoms with E-state index in [1.54, 1.807) is 21.3 Å². The van der Waals surface area contributed by atoms with Gasteiger partial charge in [0.25, 0.3) is 0 Å². The molecule has 3 rings (SSSR count). The molecule has 0 radical (unpaired) electrons. The number of hydrogen-bond acceptors (Lipinski definition) is 6. The van der Waals surface area contributed by atoms with Gasteiger partial charge in [-0.15, -0.1) is 0 Å². The second kappa shape index (κ2) is 10.1. The molecule has 1 aromatic heterocycles. The van der Waals surface area contributed by atoms with Crippen LogP contribution < -0.4 is 20.1 Å². The van der Waals surface area contributed by atoms with Crippen molar-refractivity contribution in [1.29, 1.82) is 0 Å². The Morgan fingerprint density at radius 1 is 1.24 bits per heavy atom. The molecule has 158 valence electrons. The third-order valence-electron chi connectivity index (χ3n) is 4.73. The van der Waals surface area contributed by atoms with Gasteiger partial charge in [0, 0.05) is 26.1 Å². The van der Waals surface area contributed by atoms with Crippen molar-refractivity contribution in [3.63, 3.8) is 0 Å². The van der Waals surface area contributed by atoms with E-state index in [0.29, 0.717) is 24.7 Å². The lowest BCUT2D eigenvalue weighted by Gasteiger charge is -2.25. The first kappa shape index (κ1) is 20.9. The van der Waals surface area contributed by atoms with Gasteiger partial charge < -0.3 is 24.8 Å². The first-order chi connectivity index (χ1) is 14.2. The maximum absolute atomic E-state index is 5.38. The smallest absolute Gasteiger partial charge is 0.191 e. The van der Waals surface area contributed by atoms with E-state index in [9.17, 15) is 0 Å². The van der Waals surface area contributed by atoms with Crippen molar-refractivity contribution >= 4 is 5.96 Å². The minimum Gasteiger partial charge on any atom is -0.493 e. The summed E-state index contributed by atoms with van der Waals surface area (Å²) in [4.78, 5) is 9.26. The van der Waals surface area contributed by atoms with Gasteiger partial charge in [-0.05, 0) is 31.0 Å². The molecule has 0 spiro atoms. The second-order valence-electron chi connectivity index (χ2n) is 6.82. The minimum absolute atomic E-state index is 0.239. The Morgan fingerprint density at radius 3 is 2.79 bits per heavy atom. The van der Waals surface area contributed by atoms with E-state index >= 15 is 0 Å². The fraction of sp³-hybridized carbons (Fsp3) is 0.550. The van der Waals surface area contributed by atoms with E-state index in [1.807, 2.05) is 22.9 Å². The molecular formula is C20H30N6O3. The van der Waals surface area contributed by atoms with Gasteiger partial charge in [0.15, 0.2) is 23.3 Å². The van der Waals surface area contributed by atoms with Crippen LogP contribution in [-0.2, 0) is 30.9 Å². The average Bonchev–Trinajstić information content (AvgIpc) is 3.14. The van der Waals surface area contributed by atoms with Crippen molar-refractivity contribution in [3.05, 3.63) is 35.4 Å². The lowest BCUT2D eigenvalue weighted by atomic mass is 10.1. The van der Waals surface area contributed by atoms with Crippen LogP contribution in [0.15, 0.2) is 23.2 Å². The van der Waals surface area contributed by atoms with Crippen molar-refractivity contribution in [3.8, 4) is 11.5 Å². The SMILES string of the molecule is CCNC(=NCc1ccc(OC)c(OC)c1)NC1CCc2nc(COC)nn2C1. The highest BCUT2D eigenvalue weighted by Crippen LogP contribution is 2.27. The number of nitrogens with zero attached hydrogens (tertiary/aromatic N) is 4. The Labute approximate surface area is 171 Å². The molecule has 2 heterocycles. The van der Waals surface area contributed by atoms with Gasteiger partial charge >= 0.3 is 0 Å². The van der Waals surface area contributed by atoms with Crippen LogP contribution >= 0.6 is 0 Å². The summed E-state index contributed by atoms with van der Waals surface area (Å²) in [5.74, 6) is 3.95. The third kappa shape index (κ3) is 5.38. The van der Waals surface area contributed by atoms with E-state index < -0.39 is 0 Å². The van der Waals surface area contributed by atoms with Gasteiger partial charge in [-0.25, -0.2) is 14.7 Å². The molecule has 0 saturated heterocycles. The summed E-state index contributed by atoms with van der Waals surface area (Å²) in [6, 6.07) is 6.08. The monoisotopic (exact) mass is 402 g/mol. The summed E-state index contributed by atoms with van der Waals surface area (Å²) in [6.45, 7) is 4.58. The van der Waals surface area contributed by atoms with Crippen molar-refractivity contribution in [2.24, 2.45) is 4.99 Å². The van der Waals surface area contributed by atoms with Crippen molar-refractivity contribution in [2.75, 3.05) is 27.9 Å². The van der Waals surface area contributed by atoms with Gasteiger partial charge in [0.1, 0.15) is 12.4 Å². The molecule has 9 heteroatoms. The molecule has 0 fully saturated rings. The molecule has 1 unspecified atom stereocenters. The number of benzene rings is 1. The zero-order chi connectivity index (χ0) is 20.6. The Balaban J connectivity index is 1.65. The predicted octanol–water partition coefficient (Wildman–Crippen LogP) is 1.51. The molecule has 29 heavy (non-hydrogen) atoms. The van der Waals surface area contributed by atoms with E-state index in [-0.39, 0.29) is 6.04 Å². The van der Waals surface area contributed by atoms with E-state index in [4.69, 9.17) is 19.2 Å². The average molecular weight is 402 g/mol. The standard InChI is InChI=1S/C20H30N6O3/c1-5-21-20(22-11-14-6-8-16(28-3)17(10-14)29-4)23-15-7-9-19-24-18(13-27-2)25-26(19)12-15/h6,8,10,15H,5,7,9,11-13H2,1-4H3,(H2,21,22,23). The summed E-state index contributed by atoms with van der Waals surface area (Å²) in [5.41, 5.74) is 1.05. The lowest BCUT2D eigenvalue weighted by molar-refractivity contribution is 0.177. The van der Waals surface area contributed by atoms with Gasteiger partial charge in [-0.2, -0.15) is 5.10 Å². The quantitative estimate of drug-likeness (QED) is 0.510. The maximum atomic E-state index is 5.38. The fourth-order valence-electron chi connectivity index (χ4n) is 3.33. The summed E-state index contributed by atoms with van der Waals surface area (Å²) in [5, 5.41) is 11.4. The molecule has 2 aromatic rings. The largest absolute Gasteiger partial charge is 0.493 e. The van der Waals surface area contributed by atoms with Crippen LogP contribution in [0, 0.1) is 0 Å². The van der Waals surface area contributed by atoms with Crippen LogP contribution in [0.4, 0.5) is 0 Å². The van der Waals surface area contributed by atoms with Crippen LogP contribution in [0.3, 0.4) is 0 Å². The van der Waals surface area contributed by atoms with Gasteiger partial charge in [0.05, 0.1) is 27.3 Å². The Hall–Kier alpha value is -2.81. The summed E-state index contributed by atoms with van der Waals surface area (Å²) >= 11 is 0. The highest BCUT2D eigenvalue weighted by molar-refractivity contribution is 5.80. The zero-order valence-corrected chi connectivity index (χ0v) is 17.6. The maximum Gasteiger partial charge on any atom is 0.191 e. The number of fused-ring (bicyclic) bond motifs is 1. The molecule has 0 amide bonds. The number of aliphatic imine (C=N–C) groups is 1. The normalized spacial score (nSPS) is 16.3. The van der Waals surface area contributed by atoms with Crippen LogP contribution in [-0.4, -0.2) is 54.6 Å². The Kier molecular flexibility index (Phi) is 7.29. The molecule has 1 aliphatic heterocycles. The molecule has 9 nitrogen and oxygen atoms in total. The molecule has 1 aromatic carbocycles. The van der Waals surface area contributed by atoms with Crippen molar-refractivity contribution < 1.29 is 14.2 Å². The Bertz CT molecular complexity index is 836. The van der Waals surface area contributed by atoms with Gasteiger partial charge in [0.2, 0.25) is 0 Å². The van der Waals surface area contributed by atoms with Crippen LogP contribution in [0.5, 0.6) is 11.5 Å². The van der Waals surface area contributed by atoms with E-state index in [0.717, 1.165) is 49.1 Å². The van der Waals surface area contributed by atoms with Crippen LogP contribution in [0.25, 0.3) is 0 Å². The number of methoxy groups -OCH3 is 3. The number of nitrogens with one attached hydrogen (secondary N) is 2. The zero-order valence-electron chi connectivity index (χ0n) is 17.6.